The normalized spacial score (nSPS) is 14.5. The zero-order chi connectivity index (χ0) is 19.7. The van der Waals surface area contributed by atoms with Gasteiger partial charge in [0.05, 0.1) is 5.57 Å². The summed E-state index contributed by atoms with van der Waals surface area (Å²) in [6.07, 6.45) is 0. The van der Waals surface area contributed by atoms with Gasteiger partial charge in [-0.1, -0.05) is 55.3 Å². The fourth-order valence-corrected chi connectivity index (χ4v) is 3.35. The average Bonchev–Trinajstić information content (AvgIpc) is 2.81. The minimum Gasteiger partial charge on any atom is -0.350 e. The fourth-order valence-electron chi connectivity index (χ4n) is 3.35. The van der Waals surface area contributed by atoms with Crippen molar-refractivity contribution in [1.82, 2.24) is 4.90 Å². The lowest BCUT2D eigenvalue weighted by Crippen LogP contribution is -2.35. The topological polar surface area (TPSA) is 49.4 Å². The van der Waals surface area contributed by atoms with Gasteiger partial charge in [0, 0.05) is 12.2 Å². The van der Waals surface area contributed by atoms with Gasteiger partial charge in [-0.3, -0.25) is 14.5 Å². The van der Waals surface area contributed by atoms with Crippen molar-refractivity contribution < 1.29 is 9.59 Å². The molecule has 2 aromatic rings. The van der Waals surface area contributed by atoms with Gasteiger partial charge in [0.1, 0.15) is 5.70 Å². The molecule has 4 nitrogen and oxygen atoms in total. The number of hydrogen-bond donors (Lipinski definition) is 1. The minimum absolute atomic E-state index is 0.206. The number of hydrogen-bond acceptors (Lipinski definition) is 3. The van der Waals surface area contributed by atoms with E-state index in [0.717, 1.165) is 27.9 Å². The number of benzene rings is 2. The third-order valence-corrected chi connectivity index (χ3v) is 4.69. The second kappa shape index (κ2) is 7.39. The molecule has 0 atom stereocenters. The van der Waals surface area contributed by atoms with E-state index in [1.165, 1.54) is 4.90 Å². The molecule has 1 N–H and O–H groups in total. The highest BCUT2D eigenvalue weighted by Crippen LogP contribution is 2.33. The molecule has 2 aromatic carbocycles. The van der Waals surface area contributed by atoms with Crippen LogP contribution in [0.5, 0.6) is 0 Å². The van der Waals surface area contributed by atoms with E-state index in [1.807, 2.05) is 77.1 Å². The van der Waals surface area contributed by atoms with Gasteiger partial charge in [0.15, 0.2) is 0 Å². The first-order chi connectivity index (χ1) is 12.8. The van der Waals surface area contributed by atoms with Gasteiger partial charge in [-0.15, -0.1) is 0 Å². The van der Waals surface area contributed by atoms with Crippen molar-refractivity contribution in [3.8, 4) is 0 Å². The number of nitrogens with one attached hydrogen (secondary N) is 1. The van der Waals surface area contributed by atoms with Crippen LogP contribution in [-0.2, 0) is 9.59 Å². The van der Waals surface area contributed by atoms with Gasteiger partial charge in [-0.2, -0.15) is 0 Å². The Labute approximate surface area is 160 Å². The first-order valence-corrected chi connectivity index (χ1v) is 9.29. The van der Waals surface area contributed by atoms with Crippen LogP contribution in [-0.4, -0.2) is 23.3 Å². The fraction of sp³-hybridized carbons (Fsp3) is 0.304. The number of nitrogens with zero attached hydrogens (tertiary/aromatic N) is 1. The number of imide groups is 1. The molecule has 140 valence electrons. The van der Waals surface area contributed by atoms with Gasteiger partial charge >= 0.3 is 0 Å². The second-order valence-corrected chi connectivity index (χ2v) is 7.67. The Morgan fingerprint density at radius 2 is 1.52 bits per heavy atom. The van der Waals surface area contributed by atoms with Crippen molar-refractivity contribution in [2.24, 2.45) is 5.92 Å². The van der Waals surface area contributed by atoms with E-state index >= 15 is 0 Å². The summed E-state index contributed by atoms with van der Waals surface area (Å²) < 4.78 is 0. The molecule has 3 rings (SSSR count). The van der Waals surface area contributed by atoms with Crippen molar-refractivity contribution in [3.63, 3.8) is 0 Å². The lowest BCUT2D eigenvalue weighted by molar-refractivity contribution is -0.137. The molecule has 0 spiro atoms. The van der Waals surface area contributed by atoms with Crippen LogP contribution >= 0.6 is 0 Å². The van der Waals surface area contributed by atoms with Gasteiger partial charge in [-0.05, 0) is 49.9 Å². The van der Waals surface area contributed by atoms with Gasteiger partial charge in [0.25, 0.3) is 11.8 Å². The monoisotopic (exact) mass is 362 g/mol. The van der Waals surface area contributed by atoms with Crippen LogP contribution in [0, 0.1) is 26.7 Å². The molecule has 0 bridgehead atoms. The third kappa shape index (κ3) is 3.80. The summed E-state index contributed by atoms with van der Waals surface area (Å²) >= 11 is 0. The van der Waals surface area contributed by atoms with Gasteiger partial charge in [0.2, 0.25) is 0 Å². The molecule has 2 amide bonds. The molecule has 0 saturated heterocycles. The number of anilines is 1. The molecule has 0 aromatic heterocycles. The van der Waals surface area contributed by atoms with E-state index in [-0.39, 0.29) is 17.7 Å². The maximum atomic E-state index is 13.2. The molecule has 0 fully saturated rings. The maximum absolute atomic E-state index is 13.2. The number of amides is 2. The van der Waals surface area contributed by atoms with E-state index in [4.69, 9.17) is 0 Å². The minimum atomic E-state index is -0.260. The van der Waals surface area contributed by atoms with Crippen LogP contribution in [0.25, 0.3) is 5.57 Å². The molecule has 27 heavy (non-hydrogen) atoms. The first kappa shape index (κ1) is 18.9. The zero-order valence-corrected chi connectivity index (χ0v) is 16.6. The van der Waals surface area contributed by atoms with Crippen LogP contribution < -0.4 is 5.32 Å². The lowest BCUT2D eigenvalue weighted by Gasteiger charge is -2.17. The Bertz CT molecular complexity index is 924. The van der Waals surface area contributed by atoms with E-state index in [1.54, 1.807) is 0 Å². The van der Waals surface area contributed by atoms with Crippen LogP contribution in [0.3, 0.4) is 0 Å². The Morgan fingerprint density at radius 3 is 2.11 bits per heavy atom. The van der Waals surface area contributed by atoms with Crippen LogP contribution in [0.15, 0.2) is 48.2 Å². The number of carbonyl (C=O) groups excluding carboxylic acids is 2. The quantitative estimate of drug-likeness (QED) is 0.799. The van der Waals surface area contributed by atoms with E-state index in [2.05, 4.69) is 5.32 Å². The van der Waals surface area contributed by atoms with Crippen molar-refractivity contribution in [1.29, 1.82) is 0 Å². The highest BCUT2D eigenvalue weighted by Gasteiger charge is 2.39. The van der Waals surface area contributed by atoms with Gasteiger partial charge in [-0.25, -0.2) is 0 Å². The average molecular weight is 362 g/mol. The van der Waals surface area contributed by atoms with Crippen molar-refractivity contribution in [2.75, 3.05) is 11.9 Å². The molecule has 0 saturated carbocycles. The summed E-state index contributed by atoms with van der Waals surface area (Å²) in [6.45, 7) is 10.4. The third-order valence-electron chi connectivity index (χ3n) is 4.69. The van der Waals surface area contributed by atoms with E-state index in [0.29, 0.717) is 17.8 Å². The van der Waals surface area contributed by atoms with Crippen molar-refractivity contribution in [2.45, 2.75) is 34.6 Å². The van der Waals surface area contributed by atoms with Crippen LogP contribution in [0.2, 0.25) is 0 Å². The van der Waals surface area contributed by atoms with Crippen molar-refractivity contribution >= 4 is 23.1 Å². The van der Waals surface area contributed by atoms with Crippen LogP contribution in [0.1, 0.15) is 36.1 Å². The molecular weight excluding hydrogens is 336 g/mol. The number of carbonyl (C=O) groups is 2. The number of rotatable bonds is 5. The molecule has 4 heteroatoms. The molecular formula is C23H26N2O2. The highest BCUT2D eigenvalue weighted by molar-refractivity contribution is 6.36. The lowest BCUT2D eigenvalue weighted by atomic mass is 9.97. The Morgan fingerprint density at radius 1 is 0.889 bits per heavy atom. The number of aryl methyl sites for hydroxylation is 3. The first-order valence-electron chi connectivity index (χ1n) is 9.29. The molecule has 1 aliphatic rings. The van der Waals surface area contributed by atoms with Gasteiger partial charge < -0.3 is 5.32 Å². The predicted molar refractivity (Wildman–Crippen MR) is 109 cm³/mol. The SMILES string of the molecule is Cc1ccc(NC2=C(c3ccc(C)cc3C)C(=O)N(CC(C)C)C2=O)cc1. The summed E-state index contributed by atoms with van der Waals surface area (Å²) in [6, 6.07) is 13.7. The Balaban J connectivity index is 2.10. The molecule has 0 aliphatic carbocycles. The standard InChI is InChI=1S/C23H26N2O2/c1-14(2)13-25-22(26)20(19-11-8-16(4)12-17(19)5)21(23(25)27)24-18-9-6-15(3)7-10-18/h6-12,14,24H,13H2,1-5H3. The molecule has 1 heterocycles. The van der Waals surface area contributed by atoms with Crippen LogP contribution in [0.4, 0.5) is 5.69 Å². The summed E-state index contributed by atoms with van der Waals surface area (Å²) in [4.78, 5) is 27.6. The van der Waals surface area contributed by atoms with Crippen molar-refractivity contribution in [3.05, 3.63) is 70.4 Å². The molecule has 0 radical (unpaired) electrons. The predicted octanol–water partition coefficient (Wildman–Crippen LogP) is 4.46. The Kier molecular flexibility index (Phi) is 5.17. The summed E-state index contributed by atoms with van der Waals surface area (Å²) in [7, 11) is 0. The summed E-state index contributed by atoms with van der Waals surface area (Å²) in [5.74, 6) is -0.281. The molecule has 1 aliphatic heterocycles. The van der Waals surface area contributed by atoms with E-state index < -0.39 is 0 Å². The highest BCUT2D eigenvalue weighted by atomic mass is 16.2. The summed E-state index contributed by atoms with van der Waals surface area (Å²) in [5.41, 5.74) is 5.67. The largest absolute Gasteiger partial charge is 0.350 e. The zero-order valence-electron chi connectivity index (χ0n) is 16.6. The second-order valence-electron chi connectivity index (χ2n) is 7.67. The molecule has 0 unspecified atom stereocenters. The summed E-state index contributed by atoms with van der Waals surface area (Å²) in [5, 5.41) is 3.21. The maximum Gasteiger partial charge on any atom is 0.278 e. The van der Waals surface area contributed by atoms with E-state index in [9.17, 15) is 9.59 Å². The smallest absolute Gasteiger partial charge is 0.278 e. The Hall–Kier alpha value is -2.88.